The summed E-state index contributed by atoms with van der Waals surface area (Å²) in [7, 11) is -3.43. The summed E-state index contributed by atoms with van der Waals surface area (Å²) < 4.78 is 24.4. The lowest BCUT2D eigenvalue weighted by atomic mass is 9.93. The maximum Gasteiger partial charge on any atom is 0.326 e. The monoisotopic (exact) mass is 387 g/mol. The molecule has 0 spiro atoms. The highest BCUT2D eigenvalue weighted by Gasteiger charge is 2.35. The average Bonchev–Trinajstić information content (AvgIpc) is 2.66. The third-order valence-corrected chi connectivity index (χ3v) is 7.02. The molecule has 0 fully saturated rings. The molecule has 0 aromatic heterocycles. The number of amides is 1. The minimum Gasteiger partial charge on any atom is -0.480 e. The number of benzene rings is 2. The van der Waals surface area contributed by atoms with Crippen molar-refractivity contribution < 1.29 is 23.1 Å². The van der Waals surface area contributed by atoms with E-state index in [9.17, 15) is 23.1 Å². The van der Waals surface area contributed by atoms with Gasteiger partial charge in [0, 0.05) is 18.5 Å². The Morgan fingerprint density at radius 1 is 1.04 bits per heavy atom. The largest absolute Gasteiger partial charge is 0.480 e. The molecule has 0 saturated heterocycles. The third-order valence-electron chi connectivity index (χ3n) is 4.84. The number of carboxylic acid groups (broad SMARTS) is 1. The Bertz CT molecular complexity index is 980. The number of aliphatic carboxylic acids is 1. The van der Waals surface area contributed by atoms with Crippen LogP contribution in [0, 0.1) is 0 Å². The molecule has 1 N–H and O–H groups in total. The Kier molecular flexibility index (Phi) is 5.06. The zero-order valence-electron chi connectivity index (χ0n) is 15.1. The first-order valence-corrected chi connectivity index (χ1v) is 10.2. The van der Waals surface area contributed by atoms with Crippen molar-refractivity contribution >= 4 is 21.7 Å². The van der Waals surface area contributed by atoms with Gasteiger partial charge < -0.3 is 10.0 Å². The van der Waals surface area contributed by atoms with Gasteiger partial charge in [-0.05, 0) is 49.2 Å². The summed E-state index contributed by atoms with van der Waals surface area (Å²) in [5.41, 5.74) is 2.11. The quantitative estimate of drug-likeness (QED) is 0.870. The topological polar surface area (TPSA) is 91.8 Å². The van der Waals surface area contributed by atoms with Gasteiger partial charge in [-0.25, -0.2) is 13.2 Å². The highest BCUT2D eigenvalue weighted by Crippen LogP contribution is 2.26. The summed E-state index contributed by atoms with van der Waals surface area (Å²) in [6.45, 7) is 3.39. The summed E-state index contributed by atoms with van der Waals surface area (Å²) in [5.74, 6) is -1.48. The van der Waals surface area contributed by atoms with Crippen molar-refractivity contribution in [2.24, 2.45) is 0 Å². The van der Waals surface area contributed by atoms with Gasteiger partial charge >= 0.3 is 5.97 Å². The van der Waals surface area contributed by atoms with Crippen molar-refractivity contribution in [3.63, 3.8) is 0 Å². The minimum absolute atomic E-state index is 0.146. The van der Waals surface area contributed by atoms with Gasteiger partial charge in [0.05, 0.1) is 10.1 Å². The first kappa shape index (κ1) is 19.1. The van der Waals surface area contributed by atoms with E-state index in [4.69, 9.17) is 0 Å². The van der Waals surface area contributed by atoms with Crippen LogP contribution < -0.4 is 0 Å². The standard InChI is InChI=1S/C20H21NO5S/c1-13(2)27(25,26)17-9-7-14(8-10-17)19(22)21-12-16-6-4-3-5-15(16)11-18(21)20(23)24/h3-10,13,18H,11-12H2,1-2H3,(H,23,24)/t18-/m1/s1. The zero-order chi connectivity index (χ0) is 19.8. The van der Waals surface area contributed by atoms with Crippen LogP contribution in [-0.2, 0) is 27.6 Å². The van der Waals surface area contributed by atoms with Crippen molar-refractivity contribution in [3.8, 4) is 0 Å². The molecule has 1 aliphatic heterocycles. The van der Waals surface area contributed by atoms with Gasteiger partial charge in [0.1, 0.15) is 6.04 Å². The Morgan fingerprint density at radius 2 is 1.63 bits per heavy atom. The number of hydrogen-bond donors (Lipinski definition) is 1. The summed E-state index contributed by atoms with van der Waals surface area (Å²) in [6.07, 6.45) is 0.247. The van der Waals surface area contributed by atoms with Crippen LogP contribution in [0.3, 0.4) is 0 Å². The number of sulfone groups is 1. The van der Waals surface area contributed by atoms with E-state index in [0.29, 0.717) is 0 Å². The number of rotatable bonds is 4. The van der Waals surface area contributed by atoms with Crippen LogP contribution >= 0.6 is 0 Å². The van der Waals surface area contributed by atoms with E-state index in [-0.39, 0.29) is 23.4 Å². The number of hydrogen-bond acceptors (Lipinski definition) is 4. The van der Waals surface area contributed by atoms with Crippen LogP contribution in [0.4, 0.5) is 0 Å². The van der Waals surface area contributed by atoms with E-state index >= 15 is 0 Å². The first-order chi connectivity index (χ1) is 12.7. The molecule has 0 bridgehead atoms. The Hall–Kier alpha value is -2.67. The summed E-state index contributed by atoms with van der Waals surface area (Å²) >= 11 is 0. The van der Waals surface area contributed by atoms with Crippen LogP contribution in [0.2, 0.25) is 0 Å². The molecule has 3 rings (SSSR count). The van der Waals surface area contributed by atoms with Gasteiger partial charge in [-0.2, -0.15) is 0 Å². The lowest BCUT2D eigenvalue weighted by molar-refractivity contribution is -0.142. The molecular weight excluding hydrogens is 366 g/mol. The number of carbonyl (C=O) groups excluding carboxylic acids is 1. The summed E-state index contributed by atoms with van der Waals surface area (Å²) in [6, 6.07) is 12.2. The smallest absolute Gasteiger partial charge is 0.326 e. The second kappa shape index (κ2) is 7.15. The maximum absolute atomic E-state index is 12.9. The molecule has 27 heavy (non-hydrogen) atoms. The molecule has 1 aliphatic rings. The van der Waals surface area contributed by atoms with Crippen molar-refractivity contribution in [1.82, 2.24) is 4.90 Å². The molecule has 0 unspecified atom stereocenters. The first-order valence-electron chi connectivity index (χ1n) is 8.66. The van der Waals surface area contributed by atoms with Gasteiger partial charge in [-0.15, -0.1) is 0 Å². The van der Waals surface area contributed by atoms with E-state index in [0.717, 1.165) is 11.1 Å². The Labute approximate surface area is 158 Å². The molecule has 142 valence electrons. The lowest BCUT2D eigenvalue weighted by Crippen LogP contribution is -2.48. The van der Waals surface area contributed by atoms with Gasteiger partial charge in [-0.1, -0.05) is 24.3 Å². The van der Waals surface area contributed by atoms with Crippen molar-refractivity contribution in [3.05, 3.63) is 65.2 Å². The maximum atomic E-state index is 12.9. The molecule has 7 heteroatoms. The molecule has 1 amide bonds. The van der Waals surface area contributed by atoms with E-state index in [1.807, 2.05) is 24.3 Å². The SMILES string of the molecule is CC(C)S(=O)(=O)c1ccc(C(=O)N2Cc3ccccc3C[C@@H]2C(=O)O)cc1. The molecule has 6 nitrogen and oxygen atoms in total. The predicted octanol–water partition coefficient (Wildman–Crippen LogP) is 2.52. The zero-order valence-corrected chi connectivity index (χ0v) is 15.9. The van der Waals surface area contributed by atoms with E-state index in [2.05, 4.69) is 0 Å². The van der Waals surface area contributed by atoms with E-state index < -0.39 is 33.0 Å². The van der Waals surface area contributed by atoms with Gasteiger partial charge in [0.2, 0.25) is 0 Å². The second-order valence-electron chi connectivity index (χ2n) is 6.88. The Balaban J connectivity index is 1.91. The molecule has 0 aliphatic carbocycles. The molecule has 2 aromatic carbocycles. The average molecular weight is 387 g/mol. The lowest BCUT2D eigenvalue weighted by Gasteiger charge is -2.34. The molecule has 1 atom stereocenters. The normalized spacial score (nSPS) is 16.9. The van der Waals surface area contributed by atoms with Gasteiger partial charge in [0.25, 0.3) is 5.91 Å². The van der Waals surface area contributed by atoms with Gasteiger partial charge in [-0.3, -0.25) is 4.79 Å². The highest BCUT2D eigenvalue weighted by molar-refractivity contribution is 7.92. The van der Waals surface area contributed by atoms with E-state index in [1.165, 1.54) is 29.2 Å². The molecular formula is C20H21NO5S. The number of carbonyl (C=O) groups is 2. The molecule has 2 aromatic rings. The van der Waals surface area contributed by atoms with Gasteiger partial charge in [0.15, 0.2) is 9.84 Å². The number of fused-ring (bicyclic) bond motifs is 1. The number of nitrogens with zero attached hydrogens (tertiary/aromatic N) is 1. The van der Waals surface area contributed by atoms with Crippen LogP contribution in [0.1, 0.15) is 35.3 Å². The predicted molar refractivity (Wildman–Crippen MR) is 100 cm³/mol. The van der Waals surface area contributed by atoms with Crippen LogP contribution in [0.5, 0.6) is 0 Å². The van der Waals surface area contributed by atoms with Crippen molar-refractivity contribution in [2.75, 3.05) is 0 Å². The molecule has 1 heterocycles. The highest BCUT2D eigenvalue weighted by atomic mass is 32.2. The van der Waals surface area contributed by atoms with Crippen molar-refractivity contribution in [1.29, 1.82) is 0 Å². The second-order valence-corrected chi connectivity index (χ2v) is 9.38. The fourth-order valence-electron chi connectivity index (χ4n) is 3.18. The van der Waals surface area contributed by atoms with Crippen LogP contribution in [0.25, 0.3) is 0 Å². The van der Waals surface area contributed by atoms with Crippen LogP contribution in [-0.4, -0.2) is 41.6 Å². The summed E-state index contributed by atoms with van der Waals surface area (Å²) in [4.78, 5) is 26.1. The molecule has 0 saturated carbocycles. The third kappa shape index (κ3) is 3.60. The minimum atomic E-state index is -3.43. The fourth-order valence-corrected chi connectivity index (χ4v) is 4.24. The van der Waals surface area contributed by atoms with Crippen LogP contribution in [0.15, 0.2) is 53.4 Å². The number of carboxylic acids is 1. The Morgan fingerprint density at radius 3 is 2.19 bits per heavy atom. The molecule has 0 radical (unpaired) electrons. The van der Waals surface area contributed by atoms with Crippen molar-refractivity contribution in [2.45, 2.75) is 43.0 Å². The fraction of sp³-hybridized carbons (Fsp3) is 0.300. The van der Waals surface area contributed by atoms with E-state index in [1.54, 1.807) is 13.8 Å². The summed E-state index contributed by atoms with van der Waals surface area (Å²) in [5, 5.41) is 9.01.